The van der Waals surface area contributed by atoms with Crippen LogP contribution >= 0.6 is 15.9 Å². The highest BCUT2D eigenvalue weighted by Crippen LogP contribution is 2.25. The van der Waals surface area contributed by atoms with E-state index in [4.69, 9.17) is 14.7 Å². The van der Waals surface area contributed by atoms with Gasteiger partial charge in [-0.1, -0.05) is 22.0 Å². The molecule has 0 aliphatic rings. The number of nitrogens with zero attached hydrogens (tertiary/aromatic N) is 1. The second kappa shape index (κ2) is 7.02. The molecule has 18 heavy (non-hydrogen) atoms. The van der Waals surface area contributed by atoms with Crippen molar-refractivity contribution in [3.63, 3.8) is 0 Å². The summed E-state index contributed by atoms with van der Waals surface area (Å²) in [7, 11) is 1.58. The molecule has 0 aliphatic heterocycles. The van der Waals surface area contributed by atoms with Gasteiger partial charge in [0.25, 0.3) is 0 Å². The van der Waals surface area contributed by atoms with Crippen LogP contribution in [0.25, 0.3) is 0 Å². The molecule has 0 fully saturated rings. The normalized spacial score (nSPS) is 11.4. The average Bonchev–Trinajstić information content (AvgIpc) is 2.37. The topological polar surface area (TPSA) is 59.3 Å². The zero-order chi connectivity index (χ0) is 13.5. The van der Waals surface area contributed by atoms with E-state index >= 15 is 0 Å². The van der Waals surface area contributed by atoms with Gasteiger partial charge in [-0.05, 0) is 31.0 Å². The van der Waals surface area contributed by atoms with Crippen LogP contribution in [0.2, 0.25) is 0 Å². The van der Waals surface area contributed by atoms with Gasteiger partial charge < -0.3 is 9.47 Å². The minimum atomic E-state index is -0.783. The summed E-state index contributed by atoms with van der Waals surface area (Å²) in [5, 5.41) is 8.99. The van der Waals surface area contributed by atoms with Gasteiger partial charge in [0.05, 0.1) is 19.8 Å². The molecule has 0 saturated heterocycles. The lowest BCUT2D eigenvalue weighted by atomic mass is 10.0. The first kappa shape index (κ1) is 14.5. The van der Waals surface area contributed by atoms with Gasteiger partial charge in [0.15, 0.2) is 0 Å². The number of ether oxygens (including phenoxy) is 2. The van der Waals surface area contributed by atoms with E-state index in [2.05, 4.69) is 15.9 Å². The fraction of sp³-hybridized carbons (Fsp3) is 0.385. The van der Waals surface area contributed by atoms with E-state index in [0.29, 0.717) is 6.42 Å². The fourth-order valence-electron chi connectivity index (χ4n) is 1.46. The molecule has 0 saturated carbocycles. The maximum atomic E-state index is 11.5. The lowest BCUT2D eigenvalue weighted by Crippen LogP contribution is -2.18. The first-order valence-corrected chi connectivity index (χ1v) is 6.30. The van der Waals surface area contributed by atoms with Gasteiger partial charge >= 0.3 is 5.97 Å². The molecule has 0 spiro atoms. The maximum Gasteiger partial charge on any atom is 0.323 e. The third kappa shape index (κ3) is 3.74. The van der Waals surface area contributed by atoms with Crippen molar-refractivity contribution < 1.29 is 14.3 Å². The average molecular weight is 312 g/mol. The Morgan fingerprint density at radius 1 is 1.56 bits per heavy atom. The van der Waals surface area contributed by atoms with Crippen molar-refractivity contribution in [2.45, 2.75) is 13.3 Å². The van der Waals surface area contributed by atoms with Crippen LogP contribution in [0.4, 0.5) is 0 Å². The monoisotopic (exact) mass is 311 g/mol. The maximum absolute atomic E-state index is 11.5. The standard InChI is InChI=1S/C13H14BrNO3/c1-3-18-13(16)10(8-15)6-9-4-5-11(17-2)7-12(9)14/h4-5,7,10H,3,6H2,1-2H3/t10-/m0/s1. The van der Waals surface area contributed by atoms with Crippen molar-refractivity contribution in [1.82, 2.24) is 0 Å². The van der Waals surface area contributed by atoms with Crippen molar-refractivity contribution in [2.75, 3.05) is 13.7 Å². The Kier molecular flexibility index (Phi) is 5.66. The summed E-state index contributed by atoms with van der Waals surface area (Å²) in [5.74, 6) is -0.548. The number of benzene rings is 1. The molecule has 0 radical (unpaired) electrons. The number of carbonyl (C=O) groups excluding carboxylic acids is 1. The molecule has 5 heteroatoms. The summed E-state index contributed by atoms with van der Waals surface area (Å²) in [4.78, 5) is 11.5. The number of rotatable bonds is 5. The van der Waals surface area contributed by atoms with Crippen LogP contribution < -0.4 is 4.74 Å². The van der Waals surface area contributed by atoms with Crippen molar-refractivity contribution in [3.05, 3.63) is 28.2 Å². The Labute approximate surface area is 115 Å². The zero-order valence-corrected chi connectivity index (χ0v) is 11.9. The molecule has 0 unspecified atom stereocenters. The van der Waals surface area contributed by atoms with E-state index in [1.54, 1.807) is 26.2 Å². The van der Waals surface area contributed by atoms with E-state index in [1.165, 1.54) is 0 Å². The first-order chi connectivity index (χ1) is 8.62. The van der Waals surface area contributed by atoms with Gasteiger partial charge in [-0.3, -0.25) is 4.79 Å². The molecule has 1 atom stereocenters. The Morgan fingerprint density at radius 2 is 2.28 bits per heavy atom. The van der Waals surface area contributed by atoms with Crippen LogP contribution in [0.15, 0.2) is 22.7 Å². The molecule has 0 heterocycles. The summed E-state index contributed by atoms with van der Waals surface area (Å²) in [6, 6.07) is 7.38. The van der Waals surface area contributed by atoms with Crippen molar-refractivity contribution in [3.8, 4) is 11.8 Å². The van der Waals surface area contributed by atoms with Crippen molar-refractivity contribution in [1.29, 1.82) is 5.26 Å². The van der Waals surface area contributed by atoms with Crippen molar-refractivity contribution in [2.24, 2.45) is 5.92 Å². The van der Waals surface area contributed by atoms with Gasteiger partial charge in [-0.15, -0.1) is 0 Å². The number of halogens is 1. The lowest BCUT2D eigenvalue weighted by molar-refractivity contribution is -0.145. The predicted octanol–water partition coefficient (Wildman–Crippen LogP) is 2.70. The minimum Gasteiger partial charge on any atom is -0.497 e. The van der Waals surface area contributed by atoms with Gasteiger partial charge in [0, 0.05) is 4.47 Å². The molecule has 0 amide bonds. The number of methoxy groups -OCH3 is 1. The lowest BCUT2D eigenvalue weighted by Gasteiger charge is -2.10. The second-order valence-electron chi connectivity index (χ2n) is 3.60. The number of hydrogen-bond acceptors (Lipinski definition) is 4. The minimum absolute atomic E-state index is 0.279. The fourth-order valence-corrected chi connectivity index (χ4v) is 1.98. The Hall–Kier alpha value is -1.54. The molecule has 0 aliphatic carbocycles. The third-order valence-electron chi connectivity index (χ3n) is 2.41. The highest BCUT2D eigenvalue weighted by molar-refractivity contribution is 9.10. The molecule has 0 N–H and O–H groups in total. The van der Waals surface area contributed by atoms with E-state index in [-0.39, 0.29) is 6.61 Å². The van der Waals surface area contributed by atoms with Crippen LogP contribution in [0.3, 0.4) is 0 Å². The first-order valence-electron chi connectivity index (χ1n) is 5.51. The molecule has 1 aromatic rings. The summed E-state index contributed by atoms with van der Waals surface area (Å²) in [6.07, 6.45) is 0.319. The smallest absolute Gasteiger partial charge is 0.323 e. The quantitative estimate of drug-likeness (QED) is 0.784. The van der Waals surface area contributed by atoms with Gasteiger partial charge in [-0.2, -0.15) is 5.26 Å². The second-order valence-corrected chi connectivity index (χ2v) is 4.45. The number of carbonyl (C=O) groups is 1. The molecule has 4 nitrogen and oxygen atoms in total. The Bertz CT molecular complexity index is 468. The SMILES string of the molecule is CCOC(=O)[C@H](C#N)Cc1ccc(OC)cc1Br. The Balaban J connectivity index is 2.83. The summed E-state index contributed by atoms with van der Waals surface area (Å²) in [6.45, 7) is 2.00. The number of esters is 1. The number of nitriles is 1. The van der Waals surface area contributed by atoms with Gasteiger partial charge in [0.1, 0.15) is 11.7 Å². The highest BCUT2D eigenvalue weighted by atomic mass is 79.9. The molecule has 1 aromatic carbocycles. The van der Waals surface area contributed by atoms with E-state index in [9.17, 15) is 4.79 Å². The predicted molar refractivity (Wildman–Crippen MR) is 70.1 cm³/mol. The molecule has 96 valence electrons. The van der Waals surface area contributed by atoms with E-state index < -0.39 is 11.9 Å². The van der Waals surface area contributed by atoms with E-state index in [1.807, 2.05) is 12.1 Å². The van der Waals surface area contributed by atoms with Gasteiger partial charge in [-0.25, -0.2) is 0 Å². The zero-order valence-electron chi connectivity index (χ0n) is 10.3. The molecular weight excluding hydrogens is 298 g/mol. The molecule has 0 bridgehead atoms. The highest BCUT2D eigenvalue weighted by Gasteiger charge is 2.20. The van der Waals surface area contributed by atoms with E-state index in [0.717, 1.165) is 15.8 Å². The molecular formula is C13H14BrNO3. The number of hydrogen-bond donors (Lipinski definition) is 0. The van der Waals surface area contributed by atoms with Crippen LogP contribution in [-0.2, 0) is 16.0 Å². The summed E-state index contributed by atoms with van der Waals surface area (Å²) >= 11 is 3.39. The molecule has 0 aromatic heterocycles. The Morgan fingerprint density at radius 3 is 2.78 bits per heavy atom. The van der Waals surface area contributed by atoms with Crippen LogP contribution in [0, 0.1) is 17.2 Å². The van der Waals surface area contributed by atoms with Gasteiger partial charge in [0.2, 0.25) is 0 Å². The van der Waals surface area contributed by atoms with Crippen LogP contribution in [-0.4, -0.2) is 19.7 Å². The summed E-state index contributed by atoms with van der Waals surface area (Å²) < 4.78 is 10.7. The summed E-state index contributed by atoms with van der Waals surface area (Å²) in [5.41, 5.74) is 0.871. The van der Waals surface area contributed by atoms with Crippen molar-refractivity contribution >= 4 is 21.9 Å². The largest absolute Gasteiger partial charge is 0.497 e. The van der Waals surface area contributed by atoms with Crippen LogP contribution in [0.1, 0.15) is 12.5 Å². The van der Waals surface area contributed by atoms with Crippen LogP contribution in [0.5, 0.6) is 5.75 Å². The third-order valence-corrected chi connectivity index (χ3v) is 3.15. The molecule has 1 rings (SSSR count).